The van der Waals surface area contributed by atoms with Crippen molar-refractivity contribution in [2.75, 3.05) is 34.3 Å². The van der Waals surface area contributed by atoms with Gasteiger partial charge in [-0.25, -0.2) is 0 Å². The van der Waals surface area contributed by atoms with Crippen molar-refractivity contribution in [2.24, 2.45) is 17.8 Å². The van der Waals surface area contributed by atoms with Gasteiger partial charge in [0.25, 0.3) is 0 Å². The van der Waals surface area contributed by atoms with Crippen LogP contribution in [0.15, 0.2) is 0 Å². The third-order valence-electron chi connectivity index (χ3n) is 12.6. The van der Waals surface area contributed by atoms with E-state index in [2.05, 4.69) is 11.8 Å². The predicted octanol–water partition coefficient (Wildman–Crippen LogP) is 2.68. The van der Waals surface area contributed by atoms with Crippen LogP contribution in [0.2, 0.25) is 0 Å². The maximum absolute atomic E-state index is 14.3. The second kappa shape index (κ2) is 19.2. The number of ether oxygens (including phenoxy) is 6. The van der Waals surface area contributed by atoms with E-state index in [0.29, 0.717) is 19.5 Å². The lowest BCUT2D eigenvalue weighted by molar-refractivity contribution is -0.318. The van der Waals surface area contributed by atoms with Crippen molar-refractivity contribution in [1.29, 1.82) is 0 Å². The van der Waals surface area contributed by atoms with Gasteiger partial charge in [-0.15, -0.1) is 0 Å². The van der Waals surface area contributed by atoms with Crippen molar-refractivity contribution in [3.63, 3.8) is 0 Å². The molecule has 0 aromatic carbocycles. The number of aliphatic hydroxyl groups is 5. The van der Waals surface area contributed by atoms with Gasteiger partial charge in [0.15, 0.2) is 12.6 Å². The Bertz CT molecular complexity index is 1180. The van der Waals surface area contributed by atoms with E-state index in [0.717, 1.165) is 6.42 Å². The number of likely N-dealkylation sites (N-methyl/N-ethyl adjacent to an activating group) is 1. The van der Waals surface area contributed by atoms with E-state index in [-0.39, 0.29) is 37.5 Å². The van der Waals surface area contributed by atoms with Gasteiger partial charge in [-0.2, -0.15) is 0 Å². The van der Waals surface area contributed by atoms with Crippen LogP contribution in [0.3, 0.4) is 0 Å². The van der Waals surface area contributed by atoms with Crippen LogP contribution >= 0.6 is 0 Å². The first kappa shape index (κ1) is 47.4. The molecule has 0 spiro atoms. The molecule has 5 N–H and O–H groups in total. The third-order valence-corrected chi connectivity index (χ3v) is 12.6. The summed E-state index contributed by atoms with van der Waals surface area (Å²) in [7, 11) is 5.29. The molecule has 3 aliphatic rings. The summed E-state index contributed by atoms with van der Waals surface area (Å²) in [5.41, 5.74) is -4.38. The minimum Gasteiger partial charge on any atom is -0.459 e. The smallest absolute Gasteiger partial charge is 0.311 e. The molecule has 18 atom stereocenters. The van der Waals surface area contributed by atoms with Gasteiger partial charge >= 0.3 is 5.97 Å². The van der Waals surface area contributed by atoms with Crippen LogP contribution in [0.25, 0.3) is 0 Å². The summed E-state index contributed by atoms with van der Waals surface area (Å²) < 4.78 is 37.8. The van der Waals surface area contributed by atoms with Gasteiger partial charge in [-0.05, 0) is 101 Å². The van der Waals surface area contributed by atoms with E-state index in [1.807, 2.05) is 46.7 Å². The number of carbonyl (C=O) groups excluding carboxylic acids is 1. The summed E-state index contributed by atoms with van der Waals surface area (Å²) in [6.07, 6.45) is -7.37. The standard InChI is InChI=1S/C40H76N2O12/c1-15-17-42-21-22(3)33(44)40(11,48)29(16-2)52-36(46)26(7)32(53-30-20-39(10,49-14)34(45)27(8)51-30)25(6)35(38(9,47)19-23(42)4)54-37-31(43)28(41(12)13)18-24(5)50-37/h22-35,37,43-45,47-48H,15-21H2,1-14H3/t22?,23-,24?,25?,26?,27+,28?,29?,30?,31?,32+,33?,34+,35?,37?,38-,39-,40-/m1/s1. The summed E-state index contributed by atoms with van der Waals surface area (Å²) >= 11 is 0. The molecule has 3 fully saturated rings. The lowest BCUT2D eigenvalue weighted by Crippen LogP contribution is -2.61. The van der Waals surface area contributed by atoms with Crippen molar-refractivity contribution in [3.8, 4) is 0 Å². The summed E-state index contributed by atoms with van der Waals surface area (Å²) in [6, 6.07) is -0.500. The fraction of sp³-hybridized carbons (Fsp3) is 0.975. The Kier molecular flexibility index (Phi) is 16.8. The Morgan fingerprint density at radius 3 is 2.11 bits per heavy atom. The Morgan fingerprint density at radius 1 is 0.926 bits per heavy atom. The molecule has 54 heavy (non-hydrogen) atoms. The second-order valence-corrected chi connectivity index (χ2v) is 17.7. The Labute approximate surface area is 324 Å². The molecule has 0 saturated carbocycles. The molecule has 0 aromatic rings. The molecule has 0 radical (unpaired) electrons. The molecule has 3 aliphatic heterocycles. The van der Waals surface area contributed by atoms with Crippen molar-refractivity contribution in [1.82, 2.24) is 9.80 Å². The van der Waals surface area contributed by atoms with Gasteiger partial charge < -0.3 is 63.8 Å². The van der Waals surface area contributed by atoms with Crippen LogP contribution in [0.1, 0.15) is 108 Å². The molecule has 3 heterocycles. The van der Waals surface area contributed by atoms with E-state index < -0.39 is 95.8 Å². The zero-order chi connectivity index (χ0) is 41.1. The van der Waals surface area contributed by atoms with Gasteiger partial charge in [0.05, 0.1) is 47.6 Å². The zero-order valence-corrected chi connectivity index (χ0v) is 35.6. The average molecular weight is 777 g/mol. The van der Waals surface area contributed by atoms with Gasteiger partial charge in [0.1, 0.15) is 23.9 Å². The molecule has 3 rings (SSSR count). The average Bonchev–Trinajstić information content (AvgIpc) is 3.09. The normalized spacial score (nSPS) is 48.2. The number of cyclic esters (lactones) is 1. The number of methoxy groups -OCH3 is 1. The highest BCUT2D eigenvalue weighted by molar-refractivity contribution is 5.73. The number of esters is 1. The lowest BCUT2D eigenvalue weighted by atomic mass is 9.78. The highest BCUT2D eigenvalue weighted by Crippen LogP contribution is 2.40. The van der Waals surface area contributed by atoms with Crippen LogP contribution < -0.4 is 0 Å². The van der Waals surface area contributed by atoms with Crippen molar-refractivity contribution >= 4 is 5.97 Å². The van der Waals surface area contributed by atoms with Crippen LogP contribution in [0.5, 0.6) is 0 Å². The van der Waals surface area contributed by atoms with E-state index in [9.17, 15) is 30.3 Å². The van der Waals surface area contributed by atoms with E-state index in [1.54, 1.807) is 34.6 Å². The minimum atomic E-state index is -1.78. The van der Waals surface area contributed by atoms with Crippen molar-refractivity contribution in [2.45, 2.75) is 199 Å². The molecule has 14 nitrogen and oxygen atoms in total. The Balaban J connectivity index is 2.22. The zero-order valence-electron chi connectivity index (χ0n) is 35.6. The summed E-state index contributed by atoms with van der Waals surface area (Å²) in [5.74, 6) is -2.87. The van der Waals surface area contributed by atoms with Crippen molar-refractivity contribution in [3.05, 3.63) is 0 Å². The quantitative estimate of drug-likeness (QED) is 0.216. The first-order valence-corrected chi connectivity index (χ1v) is 20.2. The number of nitrogens with zero attached hydrogens (tertiary/aromatic N) is 2. The molecule has 0 aliphatic carbocycles. The van der Waals surface area contributed by atoms with Crippen LogP contribution in [-0.2, 0) is 33.2 Å². The maximum atomic E-state index is 14.3. The van der Waals surface area contributed by atoms with E-state index >= 15 is 0 Å². The maximum Gasteiger partial charge on any atom is 0.311 e. The molecule has 318 valence electrons. The molecular weight excluding hydrogens is 700 g/mol. The van der Waals surface area contributed by atoms with Gasteiger partial charge in [-0.3, -0.25) is 4.79 Å². The monoisotopic (exact) mass is 777 g/mol. The number of rotatable bonds is 9. The number of aliphatic hydroxyl groups excluding tert-OH is 3. The van der Waals surface area contributed by atoms with Crippen LogP contribution in [0.4, 0.5) is 0 Å². The van der Waals surface area contributed by atoms with E-state index in [4.69, 9.17) is 28.4 Å². The molecule has 0 amide bonds. The fourth-order valence-electron chi connectivity index (χ4n) is 9.13. The summed E-state index contributed by atoms with van der Waals surface area (Å²) in [6.45, 7) is 20.9. The molecule has 3 saturated heterocycles. The summed E-state index contributed by atoms with van der Waals surface area (Å²) in [4.78, 5) is 18.4. The topological polar surface area (TPSA) is 180 Å². The number of hydrogen-bond acceptors (Lipinski definition) is 14. The molecule has 14 heteroatoms. The Morgan fingerprint density at radius 2 is 1.56 bits per heavy atom. The Hall–Kier alpha value is -1.01. The molecular formula is C40H76N2O12. The third kappa shape index (κ3) is 10.7. The first-order chi connectivity index (χ1) is 24.9. The first-order valence-electron chi connectivity index (χ1n) is 20.2. The van der Waals surface area contributed by atoms with Crippen molar-refractivity contribution < 1.29 is 58.7 Å². The SMILES string of the molecule is CCCN1CC(C)C(O)[C@](C)(O)C(CC)OC(=O)C(C)[C@@H](OC2C[C@@](C)(OC)[C@@H](O)[C@H](C)O2)C(C)C(OC2OC(C)CC(N(C)C)C2O)[C@](C)(O)C[C@H]1C. The molecule has 0 bridgehead atoms. The second-order valence-electron chi connectivity index (χ2n) is 17.7. The predicted molar refractivity (Wildman–Crippen MR) is 203 cm³/mol. The summed E-state index contributed by atoms with van der Waals surface area (Å²) in [5, 5.41) is 58.7. The van der Waals surface area contributed by atoms with Gasteiger partial charge in [0.2, 0.25) is 0 Å². The lowest BCUT2D eigenvalue weighted by Gasteiger charge is -2.49. The minimum absolute atomic E-state index is 0.133. The fourth-order valence-corrected chi connectivity index (χ4v) is 9.13. The highest BCUT2D eigenvalue weighted by atomic mass is 16.7. The van der Waals surface area contributed by atoms with Crippen LogP contribution in [0, 0.1) is 17.8 Å². The largest absolute Gasteiger partial charge is 0.459 e. The molecule has 0 aromatic heterocycles. The van der Waals surface area contributed by atoms with E-state index in [1.165, 1.54) is 14.0 Å². The number of carbonyl (C=O) groups is 1. The molecule has 11 unspecified atom stereocenters. The highest BCUT2D eigenvalue weighted by Gasteiger charge is 2.52. The van der Waals surface area contributed by atoms with Gasteiger partial charge in [0, 0.05) is 38.1 Å². The number of hydrogen-bond donors (Lipinski definition) is 5. The van der Waals surface area contributed by atoms with Gasteiger partial charge in [-0.1, -0.05) is 27.7 Å². The van der Waals surface area contributed by atoms with Crippen LogP contribution in [-0.4, -0.2) is 166 Å².